The summed E-state index contributed by atoms with van der Waals surface area (Å²) in [5, 5.41) is 14.6. The molecule has 2 aromatic carbocycles. The van der Waals surface area contributed by atoms with Gasteiger partial charge in [0.2, 0.25) is 5.88 Å². The quantitative estimate of drug-likeness (QED) is 0.284. The molecule has 0 saturated heterocycles. The van der Waals surface area contributed by atoms with Gasteiger partial charge in [0.05, 0.1) is 17.4 Å². The van der Waals surface area contributed by atoms with Crippen LogP contribution in [0.2, 0.25) is 0 Å². The minimum Gasteiger partial charge on any atom is -0.462 e. The number of nitro benzene ring substituents is 1. The first-order chi connectivity index (χ1) is 17.5. The average molecular weight is 569 g/mol. The number of rotatable bonds is 6. The average Bonchev–Trinajstić information content (AvgIpc) is 2.82. The predicted octanol–water partition coefficient (Wildman–Crippen LogP) is 5.32. The molecule has 2 aromatic rings. The first-order valence-electron chi connectivity index (χ1n) is 11.7. The van der Waals surface area contributed by atoms with E-state index < -0.39 is 28.1 Å². The number of nitro groups is 1. The maximum absolute atomic E-state index is 13.4. The van der Waals surface area contributed by atoms with Gasteiger partial charge in [-0.3, -0.25) is 25.0 Å². The molecule has 0 bridgehead atoms. The highest BCUT2D eigenvalue weighted by molar-refractivity contribution is 9.10. The van der Waals surface area contributed by atoms with Gasteiger partial charge in [-0.1, -0.05) is 48.0 Å². The topological polar surface area (TPSA) is 125 Å². The first kappa shape index (κ1) is 26.3. The van der Waals surface area contributed by atoms with Crippen LogP contribution in [0.15, 0.2) is 75.8 Å². The fourth-order valence-corrected chi connectivity index (χ4v) is 4.91. The van der Waals surface area contributed by atoms with Crippen molar-refractivity contribution in [1.29, 1.82) is 0 Å². The van der Waals surface area contributed by atoms with Gasteiger partial charge in [-0.05, 0) is 36.6 Å². The van der Waals surface area contributed by atoms with Crippen LogP contribution in [0.5, 0.6) is 0 Å². The lowest BCUT2D eigenvalue weighted by Gasteiger charge is -2.38. The summed E-state index contributed by atoms with van der Waals surface area (Å²) in [6.07, 6.45) is 0.502. The van der Waals surface area contributed by atoms with E-state index in [4.69, 9.17) is 9.47 Å². The summed E-state index contributed by atoms with van der Waals surface area (Å²) in [7, 11) is 0. The standard InChI is InChI=1S/C27H25BrN2O7/c1-4-36-26(33)23-21(17-7-5-6-8-18(17)30(34)35)22-19(31)13-27(2,3)14-20(22)37-25(23)29-24(32)15-9-11-16(28)12-10-15/h5-12,21H,4,13-14H2,1-3H3,(H,29,32). The van der Waals surface area contributed by atoms with E-state index in [0.717, 1.165) is 4.47 Å². The molecule has 1 aliphatic heterocycles. The Balaban J connectivity index is 1.94. The third-order valence-corrected chi connectivity index (χ3v) is 6.73. The zero-order valence-electron chi connectivity index (χ0n) is 20.5. The zero-order chi connectivity index (χ0) is 26.9. The van der Waals surface area contributed by atoms with Gasteiger partial charge >= 0.3 is 5.97 Å². The summed E-state index contributed by atoms with van der Waals surface area (Å²) >= 11 is 3.33. The number of para-hydroxylation sites is 1. The molecule has 0 saturated carbocycles. The van der Waals surface area contributed by atoms with Crippen LogP contribution in [-0.2, 0) is 19.1 Å². The number of hydrogen-bond acceptors (Lipinski definition) is 7. The maximum Gasteiger partial charge on any atom is 0.340 e. The van der Waals surface area contributed by atoms with Gasteiger partial charge in [0.1, 0.15) is 11.3 Å². The second kappa shape index (κ2) is 10.3. The molecular formula is C27H25BrN2O7. The Hall–Kier alpha value is -3.79. The van der Waals surface area contributed by atoms with E-state index in [0.29, 0.717) is 12.0 Å². The second-order valence-electron chi connectivity index (χ2n) is 9.55. The second-order valence-corrected chi connectivity index (χ2v) is 10.5. The Labute approximate surface area is 221 Å². The Morgan fingerprint density at radius 3 is 2.49 bits per heavy atom. The van der Waals surface area contributed by atoms with Crippen molar-refractivity contribution in [3.8, 4) is 0 Å². The van der Waals surface area contributed by atoms with Crippen LogP contribution in [0, 0.1) is 15.5 Å². The molecule has 1 aliphatic carbocycles. The van der Waals surface area contributed by atoms with Crippen molar-refractivity contribution in [3.63, 3.8) is 0 Å². The summed E-state index contributed by atoms with van der Waals surface area (Å²) < 4.78 is 12.1. The Kier molecular flexibility index (Phi) is 7.31. The minimum atomic E-state index is -1.16. The normalized spacial score (nSPS) is 18.6. The maximum atomic E-state index is 13.4. The molecule has 1 unspecified atom stereocenters. The van der Waals surface area contributed by atoms with Crippen molar-refractivity contribution < 1.29 is 28.8 Å². The molecular weight excluding hydrogens is 544 g/mol. The number of nitrogens with one attached hydrogen (secondary N) is 1. The summed E-state index contributed by atoms with van der Waals surface area (Å²) in [6.45, 7) is 5.43. The van der Waals surface area contributed by atoms with E-state index in [1.54, 1.807) is 37.3 Å². The predicted molar refractivity (Wildman–Crippen MR) is 137 cm³/mol. The third kappa shape index (κ3) is 5.34. The first-order valence-corrected chi connectivity index (χ1v) is 12.5. The highest BCUT2D eigenvalue weighted by Gasteiger charge is 2.47. The Bertz CT molecular complexity index is 1360. The summed E-state index contributed by atoms with van der Waals surface area (Å²) in [5.41, 5.74) is -0.295. The van der Waals surface area contributed by atoms with Crippen LogP contribution >= 0.6 is 15.9 Å². The number of ketones is 1. The number of carbonyl (C=O) groups is 3. The number of ether oxygens (including phenoxy) is 2. The van der Waals surface area contributed by atoms with Crippen molar-refractivity contribution in [2.45, 2.75) is 39.5 Å². The highest BCUT2D eigenvalue weighted by atomic mass is 79.9. The molecule has 2 aliphatic rings. The lowest BCUT2D eigenvalue weighted by molar-refractivity contribution is -0.385. The Morgan fingerprint density at radius 2 is 1.84 bits per heavy atom. The van der Waals surface area contributed by atoms with Gasteiger partial charge in [-0.15, -0.1) is 0 Å². The number of hydrogen-bond donors (Lipinski definition) is 1. The van der Waals surface area contributed by atoms with Gasteiger partial charge in [0.15, 0.2) is 5.78 Å². The molecule has 37 heavy (non-hydrogen) atoms. The number of amides is 1. The fourth-order valence-electron chi connectivity index (χ4n) is 4.64. The van der Waals surface area contributed by atoms with Crippen molar-refractivity contribution in [1.82, 2.24) is 5.32 Å². The molecule has 1 heterocycles. The zero-order valence-corrected chi connectivity index (χ0v) is 22.1. The van der Waals surface area contributed by atoms with E-state index in [9.17, 15) is 24.5 Å². The molecule has 0 fully saturated rings. The van der Waals surface area contributed by atoms with Gasteiger partial charge < -0.3 is 9.47 Å². The van der Waals surface area contributed by atoms with Crippen LogP contribution in [0.25, 0.3) is 0 Å². The van der Waals surface area contributed by atoms with Gasteiger partial charge in [-0.25, -0.2) is 4.79 Å². The minimum absolute atomic E-state index is 0.00670. The number of esters is 1. The van der Waals surface area contributed by atoms with Gasteiger partial charge in [0.25, 0.3) is 11.6 Å². The lowest BCUT2D eigenvalue weighted by Crippen LogP contribution is -2.38. The van der Waals surface area contributed by atoms with Gasteiger partial charge in [-0.2, -0.15) is 0 Å². The van der Waals surface area contributed by atoms with Crippen molar-refractivity contribution in [3.05, 3.63) is 97.0 Å². The molecule has 4 rings (SSSR count). The van der Waals surface area contributed by atoms with E-state index in [2.05, 4.69) is 21.2 Å². The largest absolute Gasteiger partial charge is 0.462 e. The number of Topliss-reactive ketones (excluding diaryl/α,β-unsaturated/α-hetero) is 1. The van der Waals surface area contributed by atoms with E-state index in [1.807, 2.05) is 13.8 Å². The van der Waals surface area contributed by atoms with Crippen LogP contribution in [0.1, 0.15) is 55.5 Å². The lowest BCUT2D eigenvalue weighted by atomic mass is 9.70. The van der Waals surface area contributed by atoms with Crippen LogP contribution < -0.4 is 5.32 Å². The van der Waals surface area contributed by atoms with E-state index in [-0.39, 0.29) is 52.9 Å². The highest BCUT2D eigenvalue weighted by Crippen LogP contribution is 2.50. The SMILES string of the molecule is CCOC(=O)C1=C(NC(=O)c2ccc(Br)cc2)OC2=C(C(=O)CC(C)(C)C2)C1c1ccccc1[N+](=O)[O-]. The third-order valence-electron chi connectivity index (χ3n) is 6.20. The van der Waals surface area contributed by atoms with Crippen molar-refractivity contribution >= 4 is 39.3 Å². The van der Waals surface area contributed by atoms with Gasteiger partial charge in [0, 0.05) is 40.1 Å². The van der Waals surface area contributed by atoms with Crippen LogP contribution in [-0.4, -0.2) is 29.2 Å². The molecule has 9 nitrogen and oxygen atoms in total. The molecule has 1 amide bonds. The molecule has 0 radical (unpaired) electrons. The summed E-state index contributed by atoms with van der Waals surface area (Å²) in [5.74, 6) is -2.79. The van der Waals surface area contributed by atoms with Crippen molar-refractivity contribution in [2.75, 3.05) is 6.61 Å². The molecule has 0 aromatic heterocycles. The molecule has 1 atom stereocenters. The monoisotopic (exact) mass is 568 g/mol. The van der Waals surface area contributed by atoms with E-state index in [1.165, 1.54) is 18.2 Å². The number of nitrogens with zero attached hydrogens (tertiary/aromatic N) is 1. The molecule has 192 valence electrons. The fraction of sp³-hybridized carbons (Fsp3) is 0.296. The molecule has 10 heteroatoms. The molecule has 1 N–H and O–H groups in total. The van der Waals surface area contributed by atoms with E-state index >= 15 is 0 Å². The Morgan fingerprint density at radius 1 is 1.16 bits per heavy atom. The number of halogens is 1. The smallest absolute Gasteiger partial charge is 0.340 e. The van der Waals surface area contributed by atoms with Crippen LogP contribution in [0.4, 0.5) is 5.69 Å². The van der Waals surface area contributed by atoms with Crippen LogP contribution in [0.3, 0.4) is 0 Å². The summed E-state index contributed by atoms with van der Waals surface area (Å²) in [4.78, 5) is 51.3. The number of benzene rings is 2. The molecule has 0 spiro atoms. The number of carbonyl (C=O) groups excluding carboxylic acids is 3. The summed E-state index contributed by atoms with van der Waals surface area (Å²) in [6, 6.07) is 12.5. The number of allylic oxidation sites excluding steroid dienone is 2. The van der Waals surface area contributed by atoms with Crippen molar-refractivity contribution in [2.24, 2.45) is 5.41 Å².